The van der Waals surface area contributed by atoms with Crippen LogP contribution in [0.15, 0.2) is 30.5 Å². The monoisotopic (exact) mass is 421 g/mol. The molecule has 2 aromatic rings. The number of amides is 1. The predicted octanol–water partition coefficient (Wildman–Crippen LogP) is 3.49. The minimum absolute atomic E-state index is 0. The highest BCUT2D eigenvalue weighted by Gasteiger charge is 2.30. The molecule has 27 heavy (non-hydrogen) atoms. The fraction of sp³-hybridized carbons (Fsp3) is 0.412. The van der Waals surface area contributed by atoms with Gasteiger partial charge >= 0.3 is 6.18 Å². The van der Waals surface area contributed by atoms with Crippen molar-refractivity contribution in [3.8, 4) is 0 Å². The quantitative estimate of drug-likeness (QED) is 0.775. The SMILES string of the molecule is Cl.O=C(CC1COCCN1)Nc1ncc(Cc2cccc(C(F)(F)F)c2)s1. The molecule has 1 saturated heterocycles. The molecule has 1 aliphatic rings. The number of ether oxygens (including phenoxy) is 1. The van der Waals surface area contributed by atoms with Crippen molar-refractivity contribution >= 4 is 34.8 Å². The molecular weight excluding hydrogens is 403 g/mol. The molecule has 1 aromatic heterocycles. The van der Waals surface area contributed by atoms with E-state index < -0.39 is 11.7 Å². The van der Waals surface area contributed by atoms with E-state index in [0.29, 0.717) is 30.3 Å². The zero-order chi connectivity index (χ0) is 18.6. The Bertz CT molecular complexity index is 764. The van der Waals surface area contributed by atoms with Crippen molar-refractivity contribution in [1.82, 2.24) is 10.3 Å². The zero-order valence-corrected chi connectivity index (χ0v) is 15.8. The number of aromatic nitrogens is 1. The molecule has 0 saturated carbocycles. The van der Waals surface area contributed by atoms with Crippen LogP contribution in [-0.4, -0.2) is 36.7 Å². The predicted molar refractivity (Wildman–Crippen MR) is 99.5 cm³/mol. The van der Waals surface area contributed by atoms with Gasteiger partial charge in [-0.15, -0.1) is 23.7 Å². The average molecular weight is 422 g/mol. The Labute approximate surface area is 164 Å². The van der Waals surface area contributed by atoms with Gasteiger partial charge in [-0.2, -0.15) is 13.2 Å². The number of rotatable bonds is 5. The van der Waals surface area contributed by atoms with E-state index in [2.05, 4.69) is 15.6 Å². The van der Waals surface area contributed by atoms with Crippen LogP contribution in [0, 0.1) is 0 Å². The summed E-state index contributed by atoms with van der Waals surface area (Å²) in [5.74, 6) is -0.173. The Hall–Kier alpha value is -1.68. The number of hydrogen-bond acceptors (Lipinski definition) is 5. The van der Waals surface area contributed by atoms with Crippen molar-refractivity contribution in [1.29, 1.82) is 0 Å². The summed E-state index contributed by atoms with van der Waals surface area (Å²) in [6.07, 6.45) is -2.18. The lowest BCUT2D eigenvalue weighted by Gasteiger charge is -2.22. The van der Waals surface area contributed by atoms with Gasteiger partial charge in [-0.1, -0.05) is 18.2 Å². The van der Waals surface area contributed by atoms with E-state index in [0.717, 1.165) is 23.6 Å². The highest BCUT2D eigenvalue weighted by atomic mass is 35.5. The summed E-state index contributed by atoms with van der Waals surface area (Å²) in [6, 6.07) is 5.19. The fourth-order valence-electron chi connectivity index (χ4n) is 2.65. The zero-order valence-electron chi connectivity index (χ0n) is 14.2. The summed E-state index contributed by atoms with van der Waals surface area (Å²) >= 11 is 1.26. The van der Waals surface area contributed by atoms with Gasteiger partial charge in [-0.05, 0) is 11.6 Å². The number of hydrogen-bond donors (Lipinski definition) is 2. The van der Waals surface area contributed by atoms with Gasteiger partial charge in [0.15, 0.2) is 5.13 Å². The molecule has 1 fully saturated rings. The molecule has 10 heteroatoms. The summed E-state index contributed by atoms with van der Waals surface area (Å²) in [6.45, 7) is 1.85. The van der Waals surface area contributed by atoms with Gasteiger partial charge in [0, 0.05) is 36.5 Å². The van der Waals surface area contributed by atoms with Crippen molar-refractivity contribution in [3.63, 3.8) is 0 Å². The molecule has 5 nitrogen and oxygen atoms in total. The Kier molecular flexibility index (Phi) is 7.60. The first kappa shape index (κ1) is 21.6. The van der Waals surface area contributed by atoms with Crippen LogP contribution in [-0.2, 0) is 22.1 Å². The lowest BCUT2D eigenvalue weighted by molar-refractivity contribution is -0.137. The van der Waals surface area contributed by atoms with Crippen LogP contribution in [0.4, 0.5) is 18.3 Å². The molecule has 148 valence electrons. The van der Waals surface area contributed by atoms with Crippen LogP contribution in [0.5, 0.6) is 0 Å². The maximum absolute atomic E-state index is 12.8. The minimum Gasteiger partial charge on any atom is -0.378 e. The van der Waals surface area contributed by atoms with Crippen molar-refractivity contribution in [2.75, 3.05) is 25.1 Å². The maximum atomic E-state index is 12.8. The molecule has 0 bridgehead atoms. The number of morpholine rings is 1. The molecule has 0 radical (unpaired) electrons. The van der Waals surface area contributed by atoms with Crippen molar-refractivity contribution in [2.45, 2.75) is 25.1 Å². The molecule has 1 unspecified atom stereocenters. The highest BCUT2D eigenvalue weighted by Crippen LogP contribution is 2.30. The number of thiazole rings is 1. The van der Waals surface area contributed by atoms with Gasteiger partial charge < -0.3 is 15.4 Å². The number of nitrogens with zero attached hydrogens (tertiary/aromatic N) is 1. The maximum Gasteiger partial charge on any atom is 0.416 e. The van der Waals surface area contributed by atoms with Crippen molar-refractivity contribution in [2.24, 2.45) is 0 Å². The molecule has 1 aromatic carbocycles. The first-order chi connectivity index (χ1) is 12.4. The van der Waals surface area contributed by atoms with Gasteiger partial charge in [0.1, 0.15) is 0 Å². The number of halogens is 4. The third kappa shape index (κ3) is 6.46. The average Bonchev–Trinajstić information content (AvgIpc) is 3.02. The molecule has 0 aliphatic carbocycles. The van der Waals surface area contributed by atoms with E-state index in [4.69, 9.17) is 4.74 Å². The Morgan fingerprint density at radius 1 is 1.41 bits per heavy atom. The topological polar surface area (TPSA) is 63.2 Å². The number of nitrogens with one attached hydrogen (secondary N) is 2. The number of carbonyl (C=O) groups excluding carboxylic acids is 1. The molecule has 1 aliphatic heterocycles. The Balaban J connectivity index is 0.00000261. The van der Waals surface area contributed by atoms with Crippen LogP contribution in [0.1, 0.15) is 22.4 Å². The summed E-state index contributed by atoms with van der Waals surface area (Å²) < 4.78 is 43.6. The molecule has 3 rings (SSSR count). The van der Waals surface area contributed by atoms with E-state index in [1.807, 2.05) is 0 Å². The number of benzene rings is 1. The van der Waals surface area contributed by atoms with Gasteiger partial charge in [-0.25, -0.2) is 4.98 Å². The molecular formula is C17H19ClF3N3O2S. The van der Waals surface area contributed by atoms with Gasteiger partial charge in [-0.3, -0.25) is 4.79 Å². The standard InChI is InChI=1S/C17H18F3N3O2S.ClH/c18-17(19,20)12-3-1-2-11(6-12)7-14-9-22-16(26-14)23-15(24)8-13-10-25-5-4-21-13;/h1-3,6,9,13,21H,4-5,7-8,10H2,(H,22,23,24);1H. The third-order valence-corrected chi connectivity index (χ3v) is 4.78. The van der Waals surface area contributed by atoms with Gasteiger partial charge in [0.2, 0.25) is 5.91 Å². The molecule has 1 atom stereocenters. The Morgan fingerprint density at radius 3 is 2.93 bits per heavy atom. The third-order valence-electron chi connectivity index (χ3n) is 3.86. The summed E-state index contributed by atoms with van der Waals surface area (Å²) in [5.41, 5.74) is -0.125. The van der Waals surface area contributed by atoms with Crippen LogP contribution in [0.2, 0.25) is 0 Å². The molecule has 2 heterocycles. The smallest absolute Gasteiger partial charge is 0.378 e. The first-order valence-corrected chi connectivity index (χ1v) is 8.93. The second-order valence-electron chi connectivity index (χ2n) is 5.98. The van der Waals surface area contributed by atoms with Gasteiger partial charge in [0.05, 0.1) is 18.8 Å². The lowest BCUT2D eigenvalue weighted by Crippen LogP contribution is -2.43. The lowest BCUT2D eigenvalue weighted by atomic mass is 10.1. The normalized spacial score (nSPS) is 17.2. The van der Waals surface area contributed by atoms with E-state index in [1.165, 1.54) is 17.4 Å². The summed E-state index contributed by atoms with van der Waals surface area (Å²) in [7, 11) is 0. The van der Waals surface area contributed by atoms with Crippen molar-refractivity contribution < 1.29 is 22.7 Å². The first-order valence-electron chi connectivity index (χ1n) is 8.12. The number of carbonyl (C=O) groups is 1. The molecule has 0 spiro atoms. The molecule has 2 N–H and O–H groups in total. The van der Waals surface area contributed by atoms with E-state index >= 15 is 0 Å². The summed E-state index contributed by atoms with van der Waals surface area (Å²) in [5, 5.41) is 6.36. The Morgan fingerprint density at radius 2 is 2.22 bits per heavy atom. The largest absolute Gasteiger partial charge is 0.416 e. The van der Waals surface area contributed by atoms with Gasteiger partial charge in [0.25, 0.3) is 0 Å². The van der Waals surface area contributed by atoms with E-state index in [1.54, 1.807) is 12.3 Å². The van der Waals surface area contributed by atoms with Crippen molar-refractivity contribution in [3.05, 3.63) is 46.5 Å². The minimum atomic E-state index is -4.36. The number of alkyl halides is 3. The second kappa shape index (κ2) is 9.50. The molecule has 1 amide bonds. The van der Waals surface area contributed by atoms with Crippen LogP contribution in [0.3, 0.4) is 0 Å². The van der Waals surface area contributed by atoms with Crippen LogP contribution in [0.25, 0.3) is 0 Å². The van der Waals surface area contributed by atoms with E-state index in [9.17, 15) is 18.0 Å². The van der Waals surface area contributed by atoms with Crippen LogP contribution >= 0.6 is 23.7 Å². The summed E-state index contributed by atoms with van der Waals surface area (Å²) in [4.78, 5) is 16.9. The fourth-order valence-corrected chi connectivity index (χ4v) is 3.51. The highest BCUT2D eigenvalue weighted by molar-refractivity contribution is 7.15. The van der Waals surface area contributed by atoms with Crippen LogP contribution < -0.4 is 10.6 Å². The van der Waals surface area contributed by atoms with E-state index in [-0.39, 0.29) is 30.8 Å². The second-order valence-corrected chi connectivity index (χ2v) is 7.10. The number of anilines is 1.